The quantitative estimate of drug-likeness (QED) is 0.753. The monoisotopic (exact) mass is 358 g/mol. The van der Waals surface area contributed by atoms with Crippen LogP contribution in [0.5, 0.6) is 6.01 Å². The summed E-state index contributed by atoms with van der Waals surface area (Å²) in [7, 11) is 1.74. The molecule has 2 aromatic rings. The predicted molar refractivity (Wildman–Crippen MR) is 96.5 cm³/mol. The van der Waals surface area contributed by atoms with Gasteiger partial charge in [-0.05, 0) is 23.8 Å². The van der Waals surface area contributed by atoms with E-state index in [0.717, 1.165) is 17.5 Å². The van der Waals surface area contributed by atoms with Crippen LogP contribution in [0.3, 0.4) is 0 Å². The van der Waals surface area contributed by atoms with Crippen molar-refractivity contribution < 1.29 is 9.23 Å². The molecule has 0 atom stereocenters. The number of hydrogen-bond donors (Lipinski definition) is 0. The first-order valence-electron chi connectivity index (χ1n) is 7.67. The van der Waals surface area contributed by atoms with E-state index in [2.05, 4.69) is 15.1 Å². The van der Waals surface area contributed by atoms with Gasteiger partial charge in [0, 0.05) is 25.0 Å². The third-order valence-electron chi connectivity index (χ3n) is 3.51. The molecule has 0 unspecified atom stereocenters. The van der Waals surface area contributed by atoms with E-state index in [4.69, 9.17) is 16.4 Å². The van der Waals surface area contributed by atoms with E-state index < -0.39 is 5.82 Å². The van der Waals surface area contributed by atoms with Crippen molar-refractivity contribution in [2.75, 3.05) is 11.9 Å². The number of hydrogen-bond acceptors (Lipinski definition) is 5. The Balaban J connectivity index is 1.73. The van der Waals surface area contributed by atoms with Gasteiger partial charge in [-0.25, -0.2) is 4.39 Å². The zero-order chi connectivity index (χ0) is 17.6. The summed E-state index contributed by atoms with van der Waals surface area (Å²) in [5.41, 5.74) is 1.72. The minimum atomic E-state index is -0.531. The lowest BCUT2D eigenvalue weighted by molar-refractivity contribution is 0.310. The average molecular weight is 359 g/mol. The van der Waals surface area contributed by atoms with Crippen LogP contribution in [0.15, 0.2) is 59.9 Å². The van der Waals surface area contributed by atoms with Crippen molar-refractivity contribution in [3.8, 4) is 6.01 Å². The number of rotatable bonds is 5. The summed E-state index contributed by atoms with van der Waals surface area (Å²) in [6.45, 7) is 0.465. The zero-order valence-corrected chi connectivity index (χ0v) is 14.3. The van der Waals surface area contributed by atoms with Crippen LogP contribution in [-0.4, -0.2) is 22.7 Å². The molecule has 3 rings (SSSR count). The molecule has 5 nitrogen and oxygen atoms in total. The number of oxime groups is 1. The van der Waals surface area contributed by atoms with Crippen molar-refractivity contribution in [3.05, 3.63) is 71.2 Å². The Morgan fingerprint density at radius 3 is 2.80 bits per heavy atom. The minimum absolute atomic E-state index is 0.00481. The molecule has 0 saturated carbocycles. The van der Waals surface area contributed by atoms with Crippen LogP contribution in [0.1, 0.15) is 12.0 Å². The molecule has 1 aromatic carbocycles. The molecule has 0 fully saturated rings. The Kier molecular flexibility index (Phi) is 5.40. The van der Waals surface area contributed by atoms with Crippen LogP contribution in [-0.2, 0) is 6.54 Å². The second-order valence-corrected chi connectivity index (χ2v) is 5.91. The third kappa shape index (κ3) is 4.64. The molecule has 0 spiro atoms. The molecule has 25 heavy (non-hydrogen) atoms. The molecule has 1 heterocycles. The molecule has 0 N–H and O–H groups in total. The first kappa shape index (κ1) is 17.1. The highest BCUT2D eigenvalue weighted by molar-refractivity contribution is 6.30. The van der Waals surface area contributed by atoms with Gasteiger partial charge in [0.2, 0.25) is 0 Å². The van der Waals surface area contributed by atoms with E-state index in [-0.39, 0.29) is 11.8 Å². The maximum absolute atomic E-state index is 14.1. The minimum Gasteiger partial charge on any atom is -0.353 e. The van der Waals surface area contributed by atoms with E-state index in [9.17, 15) is 4.39 Å². The van der Waals surface area contributed by atoms with Gasteiger partial charge in [0.15, 0.2) is 11.6 Å². The molecule has 0 saturated heterocycles. The summed E-state index contributed by atoms with van der Waals surface area (Å²) in [5, 5.41) is 4.63. The Bertz CT molecular complexity index is 833. The van der Waals surface area contributed by atoms with Crippen LogP contribution in [0.4, 0.5) is 10.2 Å². The number of anilines is 1. The van der Waals surface area contributed by atoms with Gasteiger partial charge in [0.25, 0.3) is 0 Å². The molecule has 128 valence electrons. The normalized spacial score (nSPS) is 14.8. The highest BCUT2D eigenvalue weighted by Gasteiger charge is 2.13. The van der Waals surface area contributed by atoms with Gasteiger partial charge in [0.1, 0.15) is 0 Å². The molecular formula is C18H16ClFN4O. The summed E-state index contributed by atoms with van der Waals surface area (Å²) in [6, 6.07) is 7.33. The largest absolute Gasteiger partial charge is 0.353 e. The van der Waals surface area contributed by atoms with E-state index in [1.54, 1.807) is 24.1 Å². The number of aromatic nitrogens is 2. The van der Waals surface area contributed by atoms with Crippen molar-refractivity contribution in [3.63, 3.8) is 0 Å². The van der Waals surface area contributed by atoms with Crippen molar-refractivity contribution in [2.45, 2.75) is 13.0 Å². The van der Waals surface area contributed by atoms with Gasteiger partial charge >= 0.3 is 6.01 Å². The van der Waals surface area contributed by atoms with Crippen molar-refractivity contribution in [1.29, 1.82) is 0 Å². The maximum atomic E-state index is 14.1. The molecule has 7 heteroatoms. The topological polar surface area (TPSA) is 50.6 Å². The fourth-order valence-electron chi connectivity index (χ4n) is 2.26. The van der Waals surface area contributed by atoms with Crippen LogP contribution >= 0.6 is 11.6 Å². The predicted octanol–water partition coefficient (Wildman–Crippen LogP) is 4.16. The first-order valence-corrected chi connectivity index (χ1v) is 8.05. The van der Waals surface area contributed by atoms with Crippen LogP contribution in [0, 0.1) is 5.82 Å². The molecule has 1 aliphatic carbocycles. The fourth-order valence-corrected chi connectivity index (χ4v) is 2.39. The number of benzene rings is 1. The molecule has 0 amide bonds. The van der Waals surface area contributed by atoms with Gasteiger partial charge in [0.05, 0.1) is 11.9 Å². The number of halogens is 2. The SMILES string of the molecule is CN(Cc1ccc(Cl)cc1)c1nc(ON=C2C=CC=CC2)ncc1F. The van der Waals surface area contributed by atoms with Crippen molar-refractivity contribution in [2.24, 2.45) is 5.16 Å². The highest BCUT2D eigenvalue weighted by Crippen LogP contribution is 2.20. The summed E-state index contributed by atoms with van der Waals surface area (Å²) < 4.78 is 14.1. The van der Waals surface area contributed by atoms with Gasteiger partial charge in [-0.3, -0.25) is 0 Å². The maximum Gasteiger partial charge on any atom is 0.347 e. The second-order valence-electron chi connectivity index (χ2n) is 5.47. The first-order chi connectivity index (χ1) is 12.1. The number of nitrogens with zero attached hydrogens (tertiary/aromatic N) is 4. The van der Waals surface area contributed by atoms with Crippen molar-refractivity contribution in [1.82, 2.24) is 9.97 Å². The van der Waals surface area contributed by atoms with Gasteiger partial charge in [-0.15, -0.1) is 0 Å². The molecule has 1 aliphatic rings. The van der Waals surface area contributed by atoms with E-state index in [0.29, 0.717) is 18.0 Å². The summed E-state index contributed by atoms with van der Waals surface area (Å²) in [4.78, 5) is 14.8. The Hall–Kier alpha value is -2.73. The van der Waals surface area contributed by atoms with E-state index in [1.807, 2.05) is 36.4 Å². The van der Waals surface area contributed by atoms with E-state index in [1.165, 1.54) is 0 Å². The van der Waals surface area contributed by atoms with Crippen LogP contribution in [0.25, 0.3) is 0 Å². The Morgan fingerprint density at radius 1 is 1.28 bits per heavy atom. The smallest absolute Gasteiger partial charge is 0.347 e. The van der Waals surface area contributed by atoms with Crippen LogP contribution < -0.4 is 9.74 Å². The lowest BCUT2D eigenvalue weighted by Gasteiger charge is -2.18. The fraction of sp³-hybridized carbons (Fsp3) is 0.167. The summed E-state index contributed by atoms with van der Waals surface area (Å²) >= 11 is 5.88. The lowest BCUT2D eigenvalue weighted by Crippen LogP contribution is -2.19. The second kappa shape index (κ2) is 7.90. The van der Waals surface area contributed by atoms with Gasteiger partial charge in [-0.2, -0.15) is 9.97 Å². The molecule has 0 bridgehead atoms. The van der Waals surface area contributed by atoms with Gasteiger partial charge < -0.3 is 9.74 Å². The molecule has 0 radical (unpaired) electrons. The molecule has 1 aromatic heterocycles. The Morgan fingerprint density at radius 2 is 2.08 bits per heavy atom. The number of allylic oxidation sites excluding steroid dienone is 4. The summed E-state index contributed by atoms with van der Waals surface area (Å²) in [6.07, 6.45) is 9.32. The standard InChI is InChI=1S/C18H16ClFN4O/c1-24(12-13-7-9-14(19)10-8-13)17-16(20)11-21-18(22-17)25-23-15-5-3-2-4-6-15/h2-5,7-11H,6,12H2,1H3. The lowest BCUT2D eigenvalue weighted by atomic mass is 10.2. The average Bonchev–Trinajstić information content (AvgIpc) is 2.64. The third-order valence-corrected chi connectivity index (χ3v) is 3.76. The Labute approximate surface area is 150 Å². The molecule has 0 aliphatic heterocycles. The summed E-state index contributed by atoms with van der Waals surface area (Å²) in [5.74, 6) is -0.392. The zero-order valence-electron chi connectivity index (χ0n) is 13.6. The molecular weight excluding hydrogens is 343 g/mol. The van der Waals surface area contributed by atoms with Crippen LogP contribution in [0.2, 0.25) is 5.02 Å². The van der Waals surface area contributed by atoms with Crippen molar-refractivity contribution >= 4 is 23.1 Å². The highest BCUT2D eigenvalue weighted by atomic mass is 35.5. The van der Waals surface area contributed by atoms with Gasteiger partial charge in [-0.1, -0.05) is 47.1 Å². The van der Waals surface area contributed by atoms with E-state index >= 15 is 0 Å².